The third kappa shape index (κ3) is 30.8. The number of unbranched alkanes of at least 4 members (excludes halogenated alkanes) is 11. The summed E-state index contributed by atoms with van der Waals surface area (Å²) in [5, 5.41) is 71.9. The highest BCUT2D eigenvalue weighted by molar-refractivity contribution is 7.47. The zero-order chi connectivity index (χ0) is 50.8. The summed E-state index contributed by atoms with van der Waals surface area (Å²) in [6.45, 7) is 2.61. The Hall–Kier alpha value is -2.68. The number of phosphoric acid groups is 2. The molecule has 10 N–H and O–H groups in total. The molecule has 5 unspecified atom stereocenters. The van der Waals surface area contributed by atoms with Crippen molar-refractivity contribution in [2.24, 2.45) is 0 Å². The normalized spacial score (nSPS) is 23.3. The van der Waals surface area contributed by atoms with Crippen LogP contribution >= 0.6 is 15.6 Å². The van der Waals surface area contributed by atoms with Gasteiger partial charge in [-0.15, -0.1) is 0 Å². The third-order valence-electron chi connectivity index (χ3n) is 10.6. The van der Waals surface area contributed by atoms with Crippen LogP contribution in [-0.2, 0) is 41.8 Å². The molecular formula is C47H80O19P2. The average Bonchev–Trinajstić information content (AvgIpc) is 3.28. The van der Waals surface area contributed by atoms with Gasteiger partial charge < -0.3 is 59.9 Å². The van der Waals surface area contributed by atoms with Crippen molar-refractivity contribution in [2.75, 3.05) is 13.2 Å². The number of ether oxygens (including phenoxy) is 2. The Labute approximate surface area is 401 Å². The zero-order valence-corrected chi connectivity index (χ0v) is 41.4. The molecule has 0 radical (unpaired) electrons. The molecule has 392 valence electrons. The number of carbonyl (C=O) groups excluding carboxylic acids is 2. The van der Waals surface area contributed by atoms with Crippen molar-refractivity contribution in [1.29, 1.82) is 0 Å². The van der Waals surface area contributed by atoms with Gasteiger partial charge in [0.2, 0.25) is 0 Å². The molecule has 11 atom stereocenters. The van der Waals surface area contributed by atoms with E-state index in [-0.39, 0.29) is 25.7 Å². The van der Waals surface area contributed by atoms with Crippen molar-refractivity contribution in [3.63, 3.8) is 0 Å². The Morgan fingerprint density at radius 3 is 1.74 bits per heavy atom. The minimum Gasteiger partial charge on any atom is -0.462 e. The van der Waals surface area contributed by atoms with Crippen LogP contribution in [0, 0.1) is 0 Å². The van der Waals surface area contributed by atoms with E-state index in [2.05, 4.69) is 23.6 Å². The summed E-state index contributed by atoms with van der Waals surface area (Å²) < 4.78 is 49.1. The molecule has 0 aromatic carbocycles. The fourth-order valence-electron chi connectivity index (χ4n) is 6.77. The first-order valence-electron chi connectivity index (χ1n) is 23.8. The average molecular weight is 1010 g/mol. The maximum Gasteiger partial charge on any atom is 0.472 e. The molecule has 0 aromatic heterocycles. The van der Waals surface area contributed by atoms with Gasteiger partial charge in [0, 0.05) is 12.8 Å². The predicted molar refractivity (Wildman–Crippen MR) is 254 cm³/mol. The molecule has 0 heterocycles. The highest BCUT2D eigenvalue weighted by Gasteiger charge is 2.54. The van der Waals surface area contributed by atoms with Crippen LogP contribution in [0.25, 0.3) is 0 Å². The van der Waals surface area contributed by atoms with E-state index < -0.39 is 102 Å². The van der Waals surface area contributed by atoms with Crippen LogP contribution in [0.4, 0.5) is 0 Å². The minimum absolute atomic E-state index is 0.0184. The fourth-order valence-corrected chi connectivity index (χ4v) is 8.31. The lowest BCUT2D eigenvalue weighted by Crippen LogP contribution is -2.64. The smallest absolute Gasteiger partial charge is 0.462 e. The van der Waals surface area contributed by atoms with Gasteiger partial charge in [0.1, 0.15) is 43.2 Å². The number of carbonyl (C=O) groups is 2. The van der Waals surface area contributed by atoms with Crippen molar-refractivity contribution in [2.45, 2.75) is 197 Å². The second kappa shape index (κ2) is 37.1. The van der Waals surface area contributed by atoms with Gasteiger partial charge in [0.25, 0.3) is 0 Å². The first-order chi connectivity index (χ1) is 32.3. The summed E-state index contributed by atoms with van der Waals surface area (Å²) in [7, 11) is -10.8. The van der Waals surface area contributed by atoms with E-state index in [1.807, 2.05) is 19.1 Å². The molecule has 19 nitrogen and oxygen atoms in total. The number of phosphoric ester groups is 2. The largest absolute Gasteiger partial charge is 0.472 e. The van der Waals surface area contributed by atoms with E-state index in [0.29, 0.717) is 12.8 Å². The van der Waals surface area contributed by atoms with Crippen molar-refractivity contribution in [3.8, 4) is 0 Å². The van der Waals surface area contributed by atoms with Crippen LogP contribution in [0.2, 0.25) is 0 Å². The molecule has 68 heavy (non-hydrogen) atoms. The van der Waals surface area contributed by atoms with E-state index in [1.165, 1.54) is 37.8 Å². The molecule has 0 amide bonds. The number of hydrogen-bond donors (Lipinski definition) is 10. The summed E-state index contributed by atoms with van der Waals surface area (Å²) >= 11 is 0. The Bertz CT molecular complexity index is 1640. The van der Waals surface area contributed by atoms with Gasteiger partial charge in [-0.05, 0) is 57.8 Å². The molecule has 1 saturated carbocycles. The number of allylic oxidation sites excluding steroid dienone is 9. The van der Waals surface area contributed by atoms with Gasteiger partial charge >= 0.3 is 27.6 Å². The Kier molecular flexibility index (Phi) is 34.6. The molecule has 1 fully saturated rings. The first kappa shape index (κ1) is 63.3. The van der Waals surface area contributed by atoms with Crippen molar-refractivity contribution < 1.29 is 92.2 Å². The van der Waals surface area contributed by atoms with E-state index in [1.54, 1.807) is 36.5 Å². The molecule has 21 heteroatoms. The maximum absolute atomic E-state index is 13.0. The number of hydrogen-bond acceptors (Lipinski definition) is 16. The lowest BCUT2D eigenvalue weighted by atomic mass is 9.85. The molecule has 0 saturated heterocycles. The Morgan fingerprint density at radius 1 is 0.588 bits per heavy atom. The molecule has 1 rings (SSSR count). The van der Waals surface area contributed by atoms with Gasteiger partial charge in [0.15, 0.2) is 6.10 Å². The number of rotatable bonds is 38. The van der Waals surface area contributed by atoms with Gasteiger partial charge in [-0.25, -0.2) is 9.13 Å². The van der Waals surface area contributed by atoms with Crippen LogP contribution < -0.4 is 0 Å². The summed E-state index contributed by atoms with van der Waals surface area (Å²) in [6.07, 6.45) is 17.8. The van der Waals surface area contributed by atoms with Crippen molar-refractivity contribution in [1.82, 2.24) is 0 Å². The lowest BCUT2D eigenvalue weighted by Gasteiger charge is -2.43. The van der Waals surface area contributed by atoms with Crippen LogP contribution in [0.1, 0.15) is 136 Å². The van der Waals surface area contributed by atoms with Crippen LogP contribution in [0.3, 0.4) is 0 Å². The van der Waals surface area contributed by atoms with Gasteiger partial charge in [-0.3, -0.25) is 23.2 Å². The van der Waals surface area contributed by atoms with E-state index >= 15 is 0 Å². The van der Waals surface area contributed by atoms with Gasteiger partial charge in [-0.2, -0.15) is 0 Å². The van der Waals surface area contributed by atoms with Crippen molar-refractivity contribution in [3.05, 3.63) is 72.9 Å². The second-order valence-electron chi connectivity index (χ2n) is 16.7. The molecule has 0 spiro atoms. The van der Waals surface area contributed by atoms with Crippen LogP contribution in [-0.4, -0.2) is 137 Å². The van der Waals surface area contributed by atoms with E-state index in [0.717, 1.165) is 57.8 Å². The predicted octanol–water partition coefficient (Wildman–Crippen LogP) is 5.75. The highest BCUT2D eigenvalue weighted by Crippen LogP contribution is 2.49. The highest BCUT2D eigenvalue weighted by atomic mass is 31.2. The van der Waals surface area contributed by atoms with Gasteiger partial charge in [-0.1, -0.05) is 138 Å². The van der Waals surface area contributed by atoms with Crippen molar-refractivity contribution >= 4 is 27.6 Å². The minimum atomic E-state index is -5.41. The quantitative estimate of drug-likeness (QED) is 0.0116. The Balaban J connectivity index is 2.75. The standard InChI is InChI=1S/C47H80O19P2/c1-3-5-7-8-9-10-11-12-13-14-15-16-17-22-26-32-40(51)62-34-37(35-63-68(60,61)66-47-44(55)42(53)43(54)46(45(47)56)65-67(57,58)59)64-41(52)33-27-31-39(50)38(49)30-25-21-19-18-20-24-29-36(48)28-23-6-4-2/h6,10-11,18-21,23-25,29-30,36-39,42-50,53-56H,3-5,7-9,12-17,22,26-28,31-35H2,1-2H3,(H,60,61)(H2,57,58,59)/b11-10-,20-18+,21-19-,23-6-,29-24+,30-25-/t36-,37+,38+,39+,42?,43?,44?,45?,46+,47-/m0/s1. The SMILES string of the molecule is CC/C=C\C[C@H](O)/C=C/C=C/C=C\C=C/[C@@H](O)[C@H](O)CCCC(=O)O[C@H](COC(=O)CCCCCCCCC/C=C\CCCCCC)COP(=O)(O)O[C@H]1C(O)C(O)C(O)[C@@H](OP(=O)(O)O)C1O. The summed E-state index contributed by atoms with van der Waals surface area (Å²) in [6, 6.07) is 0. The van der Waals surface area contributed by atoms with E-state index in [4.69, 9.17) is 18.5 Å². The summed E-state index contributed by atoms with van der Waals surface area (Å²) in [4.78, 5) is 54.3. The van der Waals surface area contributed by atoms with Crippen LogP contribution in [0.15, 0.2) is 72.9 Å². The first-order valence-corrected chi connectivity index (χ1v) is 26.8. The molecule has 0 aliphatic heterocycles. The molecule has 1 aliphatic rings. The third-order valence-corrected chi connectivity index (χ3v) is 12.1. The lowest BCUT2D eigenvalue weighted by molar-refractivity contribution is -0.216. The molecule has 0 bridgehead atoms. The zero-order valence-electron chi connectivity index (χ0n) is 39.6. The summed E-state index contributed by atoms with van der Waals surface area (Å²) in [5.41, 5.74) is 0. The molecular weight excluding hydrogens is 930 g/mol. The molecule has 0 aromatic rings. The topological polar surface area (TPSA) is 317 Å². The number of esters is 2. The second-order valence-corrected chi connectivity index (χ2v) is 19.3. The maximum atomic E-state index is 13.0. The molecule has 1 aliphatic carbocycles. The summed E-state index contributed by atoms with van der Waals surface area (Å²) in [5.74, 6) is -1.55. The van der Waals surface area contributed by atoms with Gasteiger partial charge in [0.05, 0.1) is 24.9 Å². The monoisotopic (exact) mass is 1010 g/mol. The number of aliphatic hydroxyl groups is 7. The van der Waals surface area contributed by atoms with Crippen LogP contribution in [0.5, 0.6) is 0 Å². The number of aliphatic hydroxyl groups excluding tert-OH is 7. The van der Waals surface area contributed by atoms with E-state index in [9.17, 15) is 69.1 Å². The Morgan fingerprint density at radius 2 is 1.13 bits per heavy atom. The fraction of sp³-hybridized carbons (Fsp3) is 0.702.